The van der Waals surface area contributed by atoms with Gasteiger partial charge in [-0.3, -0.25) is 0 Å². The number of nitrogens with zero attached hydrogens (tertiary/aromatic N) is 1. The zero-order valence-corrected chi connectivity index (χ0v) is 10.5. The predicted octanol–water partition coefficient (Wildman–Crippen LogP) is 3.61. The zero-order valence-electron chi connectivity index (χ0n) is 8.89. The van der Waals surface area contributed by atoms with Crippen LogP contribution in [0.4, 0.5) is 4.39 Å². The molecule has 1 aromatic rings. The van der Waals surface area contributed by atoms with E-state index in [9.17, 15) is 9.18 Å². The van der Waals surface area contributed by atoms with E-state index in [2.05, 4.69) is 20.9 Å². The number of halogens is 2. The van der Waals surface area contributed by atoms with Crippen molar-refractivity contribution in [2.75, 3.05) is 0 Å². The summed E-state index contributed by atoms with van der Waals surface area (Å²) in [6.07, 6.45) is 3.98. The molecule has 0 radical (unpaired) electrons. The molecule has 0 unspecified atom stereocenters. The van der Waals surface area contributed by atoms with Gasteiger partial charge < -0.3 is 0 Å². The van der Waals surface area contributed by atoms with Gasteiger partial charge in [-0.1, -0.05) is 22.0 Å². The molecule has 0 aliphatic heterocycles. The number of aliphatic imine (C=N–C) groups is 1. The van der Waals surface area contributed by atoms with Crippen molar-refractivity contribution in [2.45, 2.75) is 31.7 Å². The van der Waals surface area contributed by atoms with E-state index < -0.39 is 5.54 Å². The summed E-state index contributed by atoms with van der Waals surface area (Å²) < 4.78 is 14.8. The fourth-order valence-corrected chi connectivity index (χ4v) is 2.37. The topological polar surface area (TPSA) is 29.4 Å². The first-order chi connectivity index (χ1) is 7.60. The lowest BCUT2D eigenvalue weighted by Gasteiger charge is -2.37. The molecule has 4 heteroatoms. The minimum absolute atomic E-state index is 0.270. The molecule has 0 amide bonds. The molecule has 0 saturated heterocycles. The SMILES string of the molecule is Cc1c(Br)ccc(C2(N=C=O)CCC2)c1F. The van der Waals surface area contributed by atoms with Crippen molar-refractivity contribution in [1.82, 2.24) is 0 Å². The highest BCUT2D eigenvalue weighted by molar-refractivity contribution is 9.10. The summed E-state index contributed by atoms with van der Waals surface area (Å²) in [5.74, 6) is -0.270. The van der Waals surface area contributed by atoms with Crippen LogP contribution < -0.4 is 0 Å². The number of carbonyl (C=O) groups excluding carboxylic acids is 1. The number of isocyanates is 1. The molecule has 1 aliphatic carbocycles. The molecule has 2 nitrogen and oxygen atoms in total. The standard InChI is InChI=1S/C12H11BrFNO/c1-8-10(13)4-3-9(11(8)14)12(15-7-16)5-2-6-12/h3-4H,2,5-6H2,1H3. The van der Waals surface area contributed by atoms with E-state index in [0.717, 1.165) is 23.7 Å². The van der Waals surface area contributed by atoms with E-state index >= 15 is 0 Å². The Labute approximate surface area is 102 Å². The Balaban J connectivity index is 2.55. The quantitative estimate of drug-likeness (QED) is 0.602. The summed E-state index contributed by atoms with van der Waals surface area (Å²) in [6, 6.07) is 3.50. The Hall–Kier alpha value is -0.990. The predicted molar refractivity (Wildman–Crippen MR) is 62.5 cm³/mol. The van der Waals surface area contributed by atoms with Gasteiger partial charge in [-0.05, 0) is 37.8 Å². The lowest BCUT2D eigenvalue weighted by atomic mass is 9.72. The summed E-state index contributed by atoms with van der Waals surface area (Å²) in [5.41, 5.74) is 0.421. The van der Waals surface area contributed by atoms with Crippen LogP contribution in [0.15, 0.2) is 21.6 Å². The first-order valence-electron chi connectivity index (χ1n) is 5.15. The van der Waals surface area contributed by atoms with Crippen molar-refractivity contribution in [1.29, 1.82) is 0 Å². The minimum atomic E-state index is -0.655. The maximum Gasteiger partial charge on any atom is 0.235 e. The minimum Gasteiger partial charge on any atom is -0.211 e. The van der Waals surface area contributed by atoms with Crippen molar-refractivity contribution in [2.24, 2.45) is 4.99 Å². The van der Waals surface area contributed by atoms with Gasteiger partial charge in [0.25, 0.3) is 0 Å². The third-order valence-electron chi connectivity index (χ3n) is 3.26. The van der Waals surface area contributed by atoms with Crippen molar-refractivity contribution in [3.8, 4) is 0 Å². The largest absolute Gasteiger partial charge is 0.235 e. The van der Waals surface area contributed by atoms with Crippen LogP contribution in [0.5, 0.6) is 0 Å². The number of hydrogen-bond acceptors (Lipinski definition) is 2. The first kappa shape index (κ1) is 11.5. The van der Waals surface area contributed by atoms with Gasteiger partial charge >= 0.3 is 0 Å². The fourth-order valence-electron chi connectivity index (χ4n) is 2.06. The Bertz CT molecular complexity index is 476. The van der Waals surface area contributed by atoms with E-state index in [4.69, 9.17) is 0 Å². The molecule has 0 aromatic heterocycles. The van der Waals surface area contributed by atoms with Gasteiger partial charge in [-0.25, -0.2) is 9.18 Å². The Morgan fingerprint density at radius 2 is 2.19 bits per heavy atom. The molecule has 0 bridgehead atoms. The lowest BCUT2D eigenvalue weighted by Crippen LogP contribution is -2.33. The number of hydrogen-bond donors (Lipinski definition) is 0. The maximum absolute atomic E-state index is 14.1. The van der Waals surface area contributed by atoms with Gasteiger partial charge in [0.1, 0.15) is 11.4 Å². The Morgan fingerprint density at radius 3 is 2.69 bits per heavy atom. The van der Waals surface area contributed by atoms with E-state index in [1.165, 1.54) is 0 Å². The van der Waals surface area contributed by atoms with Crippen LogP contribution >= 0.6 is 15.9 Å². The highest BCUT2D eigenvalue weighted by Crippen LogP contribution is 2.46. The van der Waals surface area contributed by atoms with Gasteiger partial charge in [0.2, 0.25) is 6.08 Å². The molecular weight excluding hydrogens is 273 g/mol. The second-order valence-electron chi connectivity index (χ2n) is 4.12. The molecule has 0 spiro atoms. The average molecular weight is 284 g/mol. The second kappa shape index (κ2) is 4.11. The van der Waals surface area contributed by atoms with Crippen LogP contribution in [0, 0.1) is 12.7 Å². The number of rotatable bonds is 2. The van der Waals surface area contributed by atoms with E-state index in [1.807, 2.05) is 0 Å². The summed E-state index contributed by atoms with van der Waals surface area (Å²) in [7, 11) is 0. The van der Waals surface area contributed by atoms with Crippen LogP contribution in [0.1, 0.15) is 30.4 Å². The molecular formula is C12H11BrFNO. The normalized spacial score (nSPS) is 17.4. The van der Waals surface area contributed by atoms with Crippen LogP contribution in [-0.4, -0.2) is 6.08 Å². The smallest absolute Gasteiger partial charge is 0.211 e. The zero-order chi connectivity index (χ0) is 11.8. The summed E-state index contributed by atoms with van der Waals surface area (Å²) in [6.45, 7) is 1.71. The van der Waals surface area contributed by atoms with Crippen LogP contribution in [0.25, 0.3) is 0 Å². The second-order valence-corrected chi connectivity index (χ2v) is 4.98. The molecule has 84 valence electrons. The molecule has 2 rings (SSSR count). The molecule has 1 aliphatic rings. The van der Waals surface area contributed by atoms with Crippen LogP contribution in [0.2, 0.25) is 0 Å². The van der Waals surface area contributed by atoms with Gasteiger partial charge in [0, 0.05) is 10.0 Å². The van der Waals surface area contributed by atoms with Crippen LogP contribution in [-0.2, 0) is 10.3 Å². The van der Waals surface area contributed by atoms with Gasteiger partial charge in [-0.15, -0.1) is 0 Å². The Morgan fingerprint density at radius 1 is 1.50 bits per heavy atom. The van der Waals surface area contributed by atoms with Gasteiger partial charge in [-0.2, -0.15) is 4.99 Å². The third-order valence-corrected chi connectivity index (χ3v) is 4.12. The first-order valence-corrected chi connectivity index (χ1v) is 5.94. The van der Waals surface area contributed by atoms with E-state index in [-0.39, 0.29) is 5.82 Å². The van der Waals surface area contributed by atoms with Crippen molar-refractivity contribution < 1.29 is 9.18 Å². The molecule has 1 fully saturated rings. The average Bonchev–Trinajstić information content (AvgIpc) is 2.21. The molecule has 0 heterocycles. The monoisotopic (exact) mass is 283 g/mol. The molecule has 1 aromatic carbocycles. The summed E-state index contributed by atoms with van der Waals surface area (Å²) in [5, 5.41) is 0. The summed E-state index contributed by atoms with van der Waals surface area (Å²) in [4.78, 5) is 14.2. The summed E-state index contributed by atoms with van der Waals surface area (Å²) >= 11 is 3.28. The molecule has 0 atom stereocenters. The molecule has 0 N–H and O–H groups in total. The maximum atomic E-state index is 14.1. The van der Waals surface area contributed by atoms with E-state index in [0.29, 0.717) is 11.1 Å². The van der Waals surface area contributed by atoms with Crippen LogP contribution in [0.3, 0.4) is 0 Å². The van der Waals surface area contributed by atoms with Crippen molar-refractivity contribution in [3.05, 3.63) is 33.5 Å². The van der Waals surface area contributed by atoms with E-state index in [1.54, 1.807) is 25.1 Å². The van der Waals surface area contributed by atoms with Crippen molar-refractivity contribution >= 4 is 22.0 Å². The van der Waals surface area contributed by atoms with Crippen molar-refractivity contribution in [3.63, 3.8) is 0 Å². The lowest BCUT2D eigenvalue weighted by molar-refractivity contribution is 0.247. The van der Waals surface area contributed by atoms with Gasteiger partial charge in [0.15, 0.2) is 0 Å². The Kier molecular flexibility index (Phi) is 2.96. The molecule has 1 saturated carbocycles. The number of benzene rings is 1. The van der Waals surface area contributed by atoms with Gasteiger partial charge in [0.05, 0.1) is 0 Å². The fraction of sp³-hybridized carbons (Fsp3) is 0.417. The highest BCUT2D eigenvalue weighted by atomic mass is 79.9. The molecule has 16 heavy (non-hydrogen) atoms. The highest BCUT2D eigenvalue weighted by Gasteiger charge is 2.41. The third kappa shape index (κ3) is 1.62.